The fraction of sp³-hybridized carbons (Fsp3) is 0.700. The second kappa shape index (κ2) is 9.79. The predicted octanol–water partition coefficient (Wildman–Crippen LogP) is 3.64. The van der Waals surface area contributed by atoms with Crippen LogP contribution in [0.4, 0.5) is 0 Å². The maximum absolute atomic E-state index is 12.8. The maximum atomic E-state index is 12.8. The van der Waals surface area contributed by atoms with Crippen molar-refractivity contribution in [2.75, 3.05) is 13.2 Å². The average molecular weight is 395 g/mol. The van der Waals surface area contributed by atoms with Crippen LogP contribution in [-0.4, -0.2) is 44.7 Å². The summed E-state index contributed by atoms with van der Waals surface area (Å²) >= 11 is 6.11. The van der Waals surface area contributed by atoms with E-state index in [4.69, 9.17) is 33.7 Å². The van der Waals surface area contributed by atoms with E-state index in [-0.39, 0.29) is 24.9 Å². The van der Waals surface area contributed by atoms with Crippen molar-refractivity contribution in [1.29, 1.82) is 0 Å². The minimum Gasteiger partial charge on any atom is -0.463 e. The Kier molecular flexibility index (Phi) is 7.98. The Balaban J connectivity index is 2.17. The molecule has 1 fully saturated rings. The van der Waals surface area contributed by atoms with Crippen LogP contribution in [0.2, 0.25) is 0 Å². The molecule has 2 aliphatic carbocycles. The second-order valence-electron chi connectivity index (χ2n) is 7.14. The van der Waals surface area contributed by atoms with Crippen molar-refractivity contribution in [2.24, 2.45) is 11.8 Å². The summed E-state index contributed by atoms with van der Waals surface area (Å²) in [5.41, 5.74) is -0.859. The molecule has 4 unspecified atom stereocenters. The van der Waals surface area contributed by atoms with Gasteiger partial charge in [-0.2, -0.15) is 0 Å². The molecule has 0 amide bonds. The van der Waals surface area contributed by atoms with Crippen molar-refractivity contribution < 1.29 is 23.8 Å². The summed E-state index contributed by atoms with van der Waals surface area (Å²) in [4.78, 5) is 25.5. The van der Waals surface area contributed by atoms with E-state index in [0.717, 1.165) is 12.8 Å². The summed E-state index contributed by atoms with van der Waals surface area (Å²) in [6, 6.07) is 0. The number of ether oxygens (including phenoxy) is 3. The molecule has 0 aliphatic heterocycles. The van der Waals surface area contributed by atoms with Gasteiger partial charge in [-0.05, 0) is 38.5 Å². The summed E-state index contributed by atoms with van der Waals surface area (Å²) in [6.07, 6.45) is 6.01. The van der Waals surface area contributed by atoms with Gasteiger partial charge in [0.2, 0.25) is 5.60 Å². The minimum atomic E-state index is -1.37. The lowest BCUT2D eigenvalue weighted by Gasteiger charge is -2.40. The molecule has 7 heteroatoms. The van der Waals surface area contributed by atoms with E-state index in [0.29, 0.717) is 30.0 Å². The molecule has 2 aliphatic rings. The number of allylic oxidation sites excluding steroid dienone is 4. The Morgan fingerprint density at radius 3 is 2.67 bits per heavy atom. The summed E-state index contributed by atoms with van der Waals surface area (Å²) in [7, 11) is 5.82. The van der Waals surface area contributed by atoms with Crippen molar-refractivity contribution >= 4 is 31.4 Å². The van der Waals surface area contributed by atoms with Crippen LogP contribution in [0.25, 0.3) is 0 Å². The van der Waals surface area contributed by atoms with Gasteiger partial charge in [-0.3, -0.25) is 4.79 Å². The normalized spacial score (nSPS) is 30.9. The highest BCUT2D eigenvalue weighted by Gasteiger charge is 2.53. The molecule has 148 valence electrons. The number of hydrogen-bond acceptors (Lipinski definition) is 5. The summed E-state index contributed by atoms with van der Waals surface area (Å²) in [5, 5.41) is 0.441. The molecule has 0 bridgehead atoms. The third-order valence-electron chi connectivity index (χ3n) is 5.23. The molecule has 4 atom stereocenters. The quantitative estimate of drug-likeness (QED) is 0.487. The van der Waals surface area contributed by atoms with Gasteiger partial charge in [-0.25, -0.2) is 4.79 Å². The molecule has 0 spiro atoms. The predicted molar refractivity (Wildman–Crippen MR) is 104 cm³/mol. The molecule has 0 aromatic rings. The molecule has 0 aromatic heterocycles. The number of carbonyl (C=O) groups excluding carboxylic acids is 2. The van der Waals surface area contributed by atoms with E-state index in [1.54, 1.807) is 13.0 Å². The van der Waals surface area contributed by atoms with Crippen molar-refractivity contribution in [3.8, 4) is 0 Å². The smallest absolute Gasteiger partial charge is 0.353 e. The van der Waals surface area contributed by atoms with Gasteiger partial charge in [-0.15, -0.1) is 0 Å². The van der Waals surface area contributed by atoms with Gasteiger partial charge in [0.05, 0.1) is 13.0 Å². The maximum Gasteiger partial charge on any atom is 0.353 e. The number of esters is 2. The van der Waals surface area contributed by atoms with E-state index in [1.807, 2.05) is 19.9 Å². The van der Waals surface area contributed by atoms with Gasteiger partial charge in [0.15, 0.2) is 0 Å². The van der Waals surface area contributed by atoms with Crippen LogP contribution in [0.3, 0.4) is 0 Å². The standard InChI is InChI=1S/C20H28BClO5/c1-4-25-17-8-6-7-9-20(17,19(24)26-5-2)27-18(23)12-14-11-16(22)15(21)10-13(14)3/h10-11,13-14,17H,4-9,12H2,1-3H3. The van der Waals surface area contributed by atoms with Crippen molar-refractivity contribution in [3.05, 3.63) is 22.7 Å². The lowest BCUT2D eigenvalue weighted by molar-refractivity contribution is -0.208. The van der Waals surface area contributed by atoms with Crippen LogP contribution >= 0.6 is 11.6 Å². The van der Waals surface area contributed by atoms with Crippen LogP contribution in [-0.2, 0) is 23.8 Å². The zero-order valence-corrected chi connectivity index (χ0v) is 17.1. The van der Waals surface area contributed by atoms with E-state index < -0.39 is 23.6 Å². The number of hydrogen-bond donors (Lipinski definition) is 0. The first-order valence-corrected chi connectivity index (χ1v) is 10.1. The third-order valence-corrected chi connectivity index (χ3v) is 5.57. The molecule has 0 aromatic carbocycles. The average Bonchev–Trinajstić information content (AvgIpc) is 2.61. The Morgan fingerprint density at radius 2 is 2.00 bits per heavy atom. The van der Waals surface area contributed by atoms with Crippen LogP contribution in [0.1, 0.15) is 52.9 Å². The molecule has 2 rings (SSSR count). The summed E-state index contributed by atoms with van der Waals surface area (Å²) in [6.45, 7) is 6.22. The lowest BCUT2D eigenvalue weighted by Crippen LogP contribution is -2.56. The zero-order chi connectivity index (χ0) is 20.0. The van der Waals surface area contributed by atoms with Crippen LogP contribution in [0.5, 0.6) is 0 Å². The third kappa shape index (κ3) is 5.17. The van der Waals surface area contributed by atoms with Gasteiger partial charge in [-0.1, -0.05) is 42.6 Å². The SMILES string of the molecule is [B]C1=CC(C)C(CC(=O)OC2(C(=O)OCC)CCCCC2OCC)C=C1Cl. The van der Waals surface area contributed by atoms with E-state index in [1.165, 1.54) is 0 Å². The highest BCUT2D eigenvalue weighted by Crippen LogP contribution is 2.37. The second-order valence-corrected chi connectivity index (χ2v) is 7.54. The Morgan fingerprint density at radius 1 is 1.26 bits per heavy atom. The van der Waals surface area contributed by atoms with Gasteiger partial charge in [0.25, 0.3) is 0 Å². The monoisotopic (exact) mass is 394 g/mol. The first-order chi connectivity index (χ1) is 12.8. The van der Waals surface area contributed by atoms with Gasteiger partial charge >= 0.3 is 11.9 Å². The van der Waals surface area contributed by atoms with Gasteiger partial charge in [0, 0.05) is 18.1 Å². The van der Waals surface area contributed by atoms with Gasteiger partial charge < -0.3 is 14.2 Å². The van der Waals surface area contributed by atoms with Crippen LogP contribution in [0.15, 0.2) is 22.7 Å². The first kappa shape index (κ1) is 22.0. The molecule has 0 saturated heterocycles. The highest BCUT2D eigenvalue weighted by molar-refractivity contribution is 6.41. The van der Waals surface area contributed by atoms with E-state index >= 15 is 0 Å². The van der Waals surface area contributed by atoms with E-state index in [2.05, 4.69) is 0 Å². The molecule has 0 heterocycles. The van der Waals surface area contributed by atoms with Crippen LogP contribution < -0.4 is 0 Å². The van der Waals surface area contributed by atoms with Crippen LogP contribution in [0, 0.1) is 11.8 Å². The molecule has 2 radical (unpaired) electrons. The van der Waals surface area contributed by atoms with Crippen molar-refractivity contribution in [2.45, 2.75) is 64.6 Å². The molecule has 0 N–H and O–H groups in total. The fourth-order valence-electron chi connectivity index (χ4n) is 3.78. The fourth-order valence-corrected chi connectivity index (χ4v) is 4.01. The van der Waals surface area contributed by atoms with E-state index in [9.17, 15) is 9.59 Å². The topological polar surface area (TPSA) is 61.8 Å². The Labute approximate surface area is 167 Å². The molecule has 1 saturated carbocycles. The first-order valence-electron chi connectivity index (χ1n) is 9.69. The number of halogens is 1. The van der Waals surface area contributed by atoms with Crippen molar-refractivity contribution in [1.82, 2.24) is 0 Å². The largest absolute Gasteiger partial charge is 0.463 e. The molecule has 5 nitrogen and oxygen atoms in total. The van der Waals surface area contributed by atoms with Gasteiger partial charge in [0.1, 0.15) is 14.0 Å². The highest BCUT2D eigenvalue weighted by atomic mass is 35.5. The minimum absolute atomic E-state index is 0.0487. The summed E-state index contributed by atoms with van der Waals surface area (Å²) < 4.78 is 16.8. The molecular weight excluding hydrogens is 366 g/mol. The Hall–Kier alpha value is -1.27. The zero-order valence-electron chi connectivity index (χ0n) is 16.3. The number of carbonyl (C=O) groups is 2. The number of rotatable bonds is 7. The molecular formula is C20H28BClO5. The molecule has 27 heavy (non-hydrogen) atoms. The van der Waals surface area contributed by atoms with Crippen molar-refractivity contribution in [3.63, 3.8) is 0 Å². The lowest BCUT2D eigenvalue weighted by atomic mass is 9.79. The summed E-state index contributed by atoms with van der Waals surface area (Å²) in [5.74, 6) is -1.06. The Bertz CT molecular complexity index is 615.